The maximum Gasteiger partial charge on any atom is 0.132 e. The van der Waals surface area contributed by atoms with Crippen molar-refractivity contribution in [3.8, 4) is 0 Å². The van der Waals surface area contributed by atoms with Crippen molar-refractivity contribution in [2.24, 2.45) is 5.92 Å². The highest BCUT2D eigenvalue weighted by Gasteiger charge is 2.20. The van der Waals surface area contributed by atoms with Crippen LogP contribution in [0, 0.1) is 19.8 Å². The fraction of sp³-hybridized carbons (Fsp3) is 0.562. The lowest BCUT2D eigenvalue weighted by molar-refractivity contribution is -0.120. The molecule has 0 spiro atoms. The van der Waals surface area contributed by atoms with Crippen LogP contribution in [0.4, 0.5) is 5.69 Å². The Morgan fingerprint density at radius 3 is 2.44 bits per heavy atom. The summed E-state index contributed by atoms with van der Waals surface area (Å²) < 4.78 is 0. The van der Waals surface area contributed by atoms with E-state index in [-0.39, 0.29) is 0 Å². The lowest BCUT2D eigenvalue weighted by atomic mass is 9.88. The maximum absolute atomic E-state index is 11.2. The average molecular weight is 245 g/mol. The van der Waals surface area contributed by atoms with Crippen molar-refractivity contribution in [1.29, 1.82) is 0 Å². The van der Waals surface area contributed by atoms with Gasteiger partial charge in [-0.25, -0.2) is 0 Å². The zero-order valence-corrected chi connectivity index (χ0v) is 11.7. The van der Waals surface area contributed by atoms with Gasteiger partial charge in [0, 0.05) is 32.1 Å². The molecule has 1 saturated carbocycles. The second-order valence-corrected chi connectivity index (χ2v) is 5.63. The zero-order chi connectivity index (χ0) is 13.1. The summed E-state index contributed by atoms with van der Waals surface area (Å²) in [6.07, 6.45) is 3.69. The molecular formula is C16H23NO. The van der Waals surface area contributed by atoms with Crippen molar-refractivity contribution in [2.45, 2.75) is 39.5 Å². The largest absolute Gasteiger partial charge is 0.374 e. The minimum atomic E-state index is 0.445. The van der Waals surface area contributed by atoms with E-state index in [1.165, 1.54) is 16.8 Å². The second-order valence-electron chi connectivity index (χ2n) is 5.63. The lowest BCUT2D eigenvalue weighted by Gasteiger charge is -2.28. The third-order valence-corrected chi connectivity index (χ3v) is 4.13. The van der Waals surface area contributed by atoms with Crippen LogP contribution in [0.3, 0.4) is 0 Å². The Morgan fingerprint density at radius 2 is 1.83 bits per heavy atom. The number of nitrogens with zero attached hydrogens (tertiary/aromatic N) is 1. The van der Waals surface area contributed by atoms with Crippen LogP contribution in [0.15, 0.2) is 18.2 Å². The van der Waals surface area contributed by atoms with Crippen LogP contribution in [-0.2, 0) is 4.79 Å². The summed E-state index contributed by atoms with van der Waals surface area (Å²) in [5, 5.41) is 0. The van der Waals surface area contributed by atoms with Gasteiger partial charge in [-0.15, -0.1) is 0 Å². The molecule has 98 valence electrons. The minimum absolute atomic E-state index is 0.445. The fourth-order valence-corrected chi connectivity index (χ4v) is 2.64. The molecular weight excluding hydrogens is 222 g/mol. The van der Waals surface area contributed by atoms with E-state index in [2.05, 4.69) is 44.0 Å². The highest BCUT2D eigenvalue weighted by atomic mass is 16.1. The molecule has 1 aliphatic rings. The van der Waals surface area contributed by atoms with Gasteiger partial charge in [0.15, 0.2) is 0 Å². The Morgan fingerprint density at radius 1 is 1.17 bits per heavy atom. The van der Waals surface area contributed by atoms with Gasteiger partial charge >= 0.3 is 0 Å². The van der Waals surface area contributed by atoms with Gasteiger partial charge < -0.3 is 4.90 Å². The van der Waals surface area contributed by atoms with E-state index in [4.69, 9.17) is 0 Å². The molecule has 0 radical (unpaired) electrons. The summed E-state index contributed by atoms with van der Waals surface area (Å²) in [5.74, 6) is 1.12. The number of anilines is 1. The summed E-state index contributed by atoms with van der Waals surface area (Å²) in [5.41, 5.74) is 3.98. The van der Waals surface area contributed by atoms with Gasteiger partial charge in [0.05, 0.1) is 0 Å². The van der Waals surface area contributed by atoms with Gasteiger partial charge in [-0.3, -0.25) is 4.79 Å². The molecule has 1 fully saturated rings. The second kappa shape index (κ2) is 5.55. The first-order valence-electron chi connectivity index (χ1n) is 6.86. The first-order chi connectivity index (χ1) is 8.56. The normalized spacial score (nSPS) is 16.9. The number of rotatable bonds is 3. The summed E-state index contributed by atoms with van der Waals surface area (Å²) in [6.45, 7) is 5.37. The molecule has 1 aromatic rings. The van der Waals surface area contributed by atoms with Crippen LogP contribution in [-0.4, -0.2) is 19.4 Å². The van der Waals surface area contributed by atoms with Gasteiger partial charge in [-0.05, 0) is 55.9 Å². The molecule has 2 nitrogen and oxygen atoms in total. The zero-order valence-electron chi connectivity index (χ0n) is 11.7. The molecule has 0 saturated heterocycles. The molecule has 0 atom stereocenters. The molecule has 0 N–H and O–H groups in total. The molecule has 18 heavy (non-hydrogen) atoms. The lowest BCUT2D eigenvalue weighted by Crippen LogP contribution is -2.28. The molecule has 0 aromatic heterocycles. The third-order valence-electron chi connectivity index (χ3n) is 4.13. The number of carbonyl (C=O) groups excluding carboxylic acids is 1. The molecule has 0 amide bonds. The van der Waals surface area contributed by atoms with E-state index >= 15 is 0 Å². The van der Waals surface area contributed by atoms with Gasteiger partial charge in [-0.1, -0.05) is 6.07 Å². The van der Waals surface area contributed by atoms with Crippen LogP contribution in [0.1, 0.15) is 36.8 Å². The smallest absolute Gasteiger partial charge is 0.132 e. The van der Waals surface area contributed by atoms with Crippen LogP contribution in [0.5, 0.6) is 0 Å². The number of hydrogen-bond acceptors (Lipinski definition) is 2. The SMILES string of the molecule is Cc1ccc(N(C)CC2CCC(=O)CC2)cc1C. The first-order valence-corrected chi connectivity index (χ1v) is 6.86. The Labute approximate surface area is 110 Å². The number of aryl methyl sites for hydroxylation is 2. The van der Waals surface area contributed by atoms with E-state index in [0.29, 0.717) is 11.7 Å². The molecule has 2 rings (SSSR count). The predicted molar refractivity (Wildman–Crippen MR) is 76.2 cm³/mol. The van der Waals surface area contributed by atoms with Crippen LogP contribution in [0.2, 0.25) is 0 Å². The Kier molecular flexibility index (Phi) is 4.05. The van der Waals surface area contributed by atoms with Crippen molar-refractivity contribution in [2.75, 3.05) is 18.5 Å². The predicted octanol–water partition coefficient (Wildman–Crippen LogP) is 3.50. The molecule has 0 unspecified atom stereocenters. The average Bonchev–Trinajstić information content (AvgIpc) is 2.35. The van der Waals surface area contributed by atoms with Crippen molar-refractivity contribution in [3.63, 3.8) is 0 Å². The molecule has 0 heterocycles. The van der Waals surface area contributed by atoms with Gasteiger partial charge in [-0.2, -0.15) is 0 Å². The summed E-state index contributed by atoms with van der Waals surface area (Å²) in [6, 6.07) is 6.63. The third kappa shape index (κ3) is 3.12. The molecule has 1 aliphatic carbocycles. The van der Waals surface area contributed by atoms with Gasteiger partial charge in [0.2, 0.25) is 0 Å². The standard InChI is InChI=1S/C16H23NO/c1-12-4-7-15(10-13(12)2)17(3)11-14-5-8-16(18)9-6-14/h4,7,10,14H,5-6,8-9,11H2,1-3H3. The van der Waals surface area contributed by atoms with Crippen LogP contribution < -0.4 is 4.90 Å². The fourth-order valence-electron chi connectivity index (χ4n) is 2.64. The number of hydrogen-bond donors (Lipinski definition) is 0. The van der Waals surface area contributed by atoms with Crippen molar-refractivity contribution in [3.05, 3.63) is 29.3 Å². The number of ketones is 1. The Hall–Kier alpha value is -1.31. The van der Waals surface area contributed by atoms with E-state index in [9.17, 15) is 4.79 Å². The molecule has 0 bridgehead atoms. The highest BCUT2D eigenvalue weighted by Crippen LogP contribution is 2.25. The number of Topliss-reactive ketones (excluding diaryl/α,β-unsaturated/α-hetero) is 1. The quantitative estimate of drug-likeness (QED) is 0.812. The number of benzene rings is 1. The molecule has 0 aliphatic heterocycles. The van der Waals surface area contributed by atoms with E-state index in [1.807, 2.05) is 0 Å². The summed E-state index contributed by atoms with van der Waals surface area (Å²) in [4.78, 5) is 13.6. The number of carbonyl (C=O) groups is 1. The monoisotopic (exact) mass is 245 g/mol. The van der Waals surface area contributed by atoms with E-state index in [0.717, 1.165) is 32.2 Å². The van der Waals surface area contributed by atoms with Crippen molar-refractivity contribution in [1.82, 2.24) is 0 Å². The van der Waals surface area contributed by atoms with Crippen molar-refractivity contribution >= 4 is 11.5 Å². The summed E-state index contributed by atoms with van der Waals surface area (Å²) >= 11 is 0. The Balaban J connectivity index is 1.96. The van der Waals surface area contributed by atoms with Crippen LogP contribution in [0.25, 0.3) is 0 Å². The van der Waals surface area contributed by atoms with E-state index < -0.39 is 0 Å². The van der Waals surface area contributed by atoms with Crippen LogP contribution >= 0.6 is 0 Å². The molecule has 2 heteroatoms. The van der Waals surface area contributed by atoms with Crippen molar-refractivity contribution < 1.29 is 4.79 Å². The van der Waals surface area contributed by atoms with E-state index in [1.54, 1.807) is 0 Å². The summed E-state index contributed by atoms with van der Waals surface area (Å²) in [7, 11) is 2.15. The van der Waals surface area contributed by atoms with Gasteiger partial charge in [0.25, 0.3) is 0 Å². The molecule has 1 aromatic carbocycles. The van der Waals surface area contributed by atoms with Gasteiger partial charge in [0.1, 0.15) is 5.78 Å². The first kappa shape index (κ1) is 13.1. The minimum Gasteiger partial charge on any atom is -0.374 e. The highest BCUT2D eigenvalue weighted by molar-refractivity contribution is 5.79. The Bertz CT molecular complexity index is 429. The topological polar surface area (TPSA) is 20.3 Å². The maximum atomic E-state index is 11.2.